The number of benzene rings is 2. The quantitative estimate of drug-likeness (QED) is 0.693. The molecule has 0 aliphatic carbocycles. The van der Waals surface area contributed by atoms with E-state index in [-0.39, 0.29) is 0 Å². The molecule has 0 radical (unpaired) electrons. The topological polar surface area (TPSA) is 19.4 Å². The molecule has 0 unspecified atom stereocenters. The third-order valence-electron chi connectivity index (χ3n) is 6.05. The van der Waals surface area contributed by atoms with Gasteiger partial charge in [0, 0.05) is 37.6 Å². The number of rotatable bonds is 2. The van der Waals surface area contributed by atoms with Crippen LogP contribution >= 0.6 is 0 Å². The second-order valence-electron chi connectivity index (χ2n) is 7.57. The third-order valence-corrected chi connectivity index (χ3v) is 6.05. The predicted molar refractivity (Wildman–Crippen MR) is 108 cm³/mol. The Balaban J connectivity index is 1.26. The fourth-order valence-corrected chi connectivity index (χ4v) is 4.52. The number of fused-ring (bicyclic) bond motifs is 2. The first-order valence-electron chi connectivity index (χ1n) is 9.78. The lowest BCUT2D eigenvalue weighted by molar-refractivity contribution is 0.153. The molecule has 3 nitrogen and oxygen atoms in total. The summed E-state index contributed by atoms with van der Waals surface area (Å²) in [5.41, 5.74) is 4.17. The summed E-state index contributed by atoms with van der Waals surface area (Å²) in [6, 6.07) is 22.4. The van der Waals surface area contributed by atoms with E-state index in [9.17, 15) is 0 Å². The van der Waals surface area contributed by atoms with Crippen LogP contribution in [0.3, 0.4) is 0 Å². The minimum atomic E-state index is 0.708. The van der Waals surface area contributed by atoms with E-state index < -0.39 is 0 Å². The Morgan fingerprint density at radius 1 is 0.769 bits per heavy atom. The van der Waals surface area contributed by atoms with Crippen molar-refractivity contribution in [2.45, 2.75) is 31.8 Å². The van der Waals surface area contributed by atoms with Gasteiger partial charge in [0.1, 0.15) is 5.82 Å². The van der Waals surface area contributed by atoms with Crippen LogP contribution in [-0.2, 0) is 13.0 Å². The van der Waals surface area contributed by atoms with Crippen LogP contribution in [0.4, 0.5) is 5.82 Å². The van der Waals surface area contributed by atoms with E-state index in [2.05, 4.69) is 70.5 Å². The molecule has 2 aliphatic heterocycles. The lowest BCUT2D eigenvalue weighted by atomic mass is 9.95. The molecule has 1 fully saturated rings. The van der Waals surface area contributed by atoms with Gasteiger partial charge >= 0.3 is 0 Å². The summed E-state index contributed by atoms with van der Waals surface area (Å²) in [5, 5.41) is 1.22. The molecule has 0 amide bonds. The number of para-hydroxylation sites is 1. The average Bonchev–Trinajstić information content (AvgIpc) is 2.73. The summed E-state index contributed by atoms with van der Waals surface area (Å²) in [4.78, 5) is 10.0. The van der Waals surface area contributed by atoms with Gasteiger partial charge in [-0.2, -0.15) is 0 Å². The lowest BCUT2D eigenvalue weighted by Gasteiger charge is -2.41. The Morgan fingerprint density at radius 3 is 2.42 bits per heavy atom. The molecule has 0 N–H and O–H groups in total. The van der Waals surface area contributed by atoms with Crippen LogP contribution in [0.5, 0.6) is 0 Å². The first kappa shape index (κ1) is 15.8. The standard InChI is InChI=1S/C23H25N3/c1-2-7-20-17-26(14-11-18(20)5-1)21-12-15-25(16-13-21)23-10-9-19-6-3-4-8-22(19)24-23/h1-10,21H,11-17H2. The largest absolute Gasteiger partial charge is 0.356 e. The number of anilines is 1. The molecule has 26 heavy (non-hydrogen) atoms. The number of aromatic nitrogens is 1. The van der Waals surface area contributed by atoms with E-state index in [1.54, 1.807) is 5.56 Å². The van der Waals surface area contributed by atoms with E-state index in [0.717, 1.165) is 31.0 Å². The first-order valence-corrected chi connectivity index (χ1v) is 9.78. The van der Waals surface area contributed by atoms with Crippen LogP contribution in [0.25, 0.3) is 10.9 Å². The van der Waals surface area contributed by atoms with Gasteiger partial charge < -0.3 is 4.90 Å². The average molecular weight is 343 g/mol. The highest BCUT2D eigenvalue weighted by Gasteiger charge is 2.27. The molecular weight excluding hydrogens is 318 g/mol. The molecule has 1 aromatic heterocycles. The maximum Gasteiger partial charge on any atom is 0.129 e. The van der Waals surface area contributed by atoms with Crippen molar-refractivity contribution in [2.24, 2.45) is 0 Å². The predicted octanol–water partition coefficient (Wildman–Crippen LogP) is 4.26. The summed E-state index contributed by atoms with van der Waals surface area (Å²) >= 11 is 0. The highest BCUT2D eigenvalue weighted by atomic mass is 15.2. The SMILES string of the molecule is c1ccc2c(c1)CCN(C1CCN(c3ccc4ccccc4n3)CC1)C2. The molecule has 2 aromatic carbocycles. The number of nitrogens with zero attached hydrogens (tertiary/aromatic N) is 3. The van der Waals surface area contributed by atoms with Gasteiger partial charge in [-0.1, -0.05) is 42.5 Å². The summed E-state index contributed by atoms with van der Waals surface area (Å²) in [5.74, 6) is 1.13. The molecular formula is C23H25N3. The number of pyridine rings is 1. The van der Waals surface area contributed by atoms with Crippen LogP contribution in [0.1, 0.15) is 24.0 Å². The van der Waals surface area contributed by atoms with Crippen molar-refractivity contribution in [1.82, 2.24) is 9.88 Å². The van der Waals surface area contributed by atoms with E-state index in [0.29, 0.717) is 6.04 Å². The van der Waals surface area contributed by atoms with Gasteiger partial charge in [0.25, 0.3) is 0 Å². The molecule has 0 saturated carbocycles. The normalized spacial score (nSPS) is 18.8. The Bertz CT molecular complexity index is 912. The second kappa shape index (κ2) is 6.73. The highest BCUT2D eigenvalue weighted by Crippen LogP contribution is 2.27. The summed E-state index contributed by atoms with van der Waals surface area (Å²) in [6.07, 6.45) is 3.66. The smallest absolute Gasteiger partial charge is 0.129 e. The Morgan fingerprint density at radius 2 is 1.54 bits per heavy atom. The summed E-state index contributed by atoms with van der Waals surface area (Å²) in [7, 11) is 0. The van der Waals surface area contributed by atoms with E-state index in [4.69, 9.17) is 4.98 Å². The number of hydrogen-bond donors (Lipinski definition) is 0. The van der Waals surface area contributed by atoms with Crippen molar-refractivity contribution >= 4 is 16.7 Å². The monoisotopic (exact) mass is 343 g/mol. The molecule has 0 bridgehead atoms. The first-order chi connectivity index (χ1) is 12.9. The maximum absolute atomic E-state index is 4.88. The third kappa shape index (κ3) is 2.97. The maximum atomic E-state index is 4.88. The molecule has 3 heterocycles. The lowest BCUT2D eigenvalue weighted by Crippen LogP contribution is -2.46. The van der Waals surface area contributed by atoms with Crippen LogP contribution < -0.4 is 4.90 Å². The molecule has 3 aromatic rings. The minimum Gasteiger partial charge on any atom is -0.356 e. The minimum absolute atomic E-state index is 0.708. The van der Waals surface area contributed by atoms with Gasteiger partial charge in [-0.25, -0.2) is 4.98 Å². The van der Waals surface area contributed by atoms with Crippen molar-refractivity contribution in [1.29, 1.82) is 0 Å². The Kier molecular flexibility index (Phi) is 4.10. The van der Waals surface area contributed by atoms with Gasteiger partial charge in [-0.15, -0.1) is 0 Å². The summed E-state index contributed by atoms with van der Waals surface area (Å²) in [6.45, 7) is 4.53. The molecule has 0 spiro atoms. The molecule has 5 rings (SSSR count). The second-order valence-corrected chi connectivity index (χ2v) is 7.57. The van der Waals surface area contributed by atoms with Crippen molar-refractivity contribution in [2.75, 3.05) is 24.5 Å². The van der Waals surface area contributed by atoms with Crippen molar-refractivity contribution in [3.63, 3.8) is 0 Å². The fourth-order valence-electron chi connectivity index (χ4n) is 4.52. The fraction of sp³-hybridized carbons (Fsp3) is 0.348. The molecule has 0 atom stereocenters. The zero-order valence-electron chi connectivity index (χ0n) is 15.1. The van der Waals surface area contributed by atoms with Gasteiger partial charge in [0.2, 0.25) is 0 Å². The number of piperidine rings is 1. The van der Waals surface area contributed by atoms with Crippen LogP contribution in [0, 0.1) is 0 Å². The van der Waals surface area contributed by atoms with Crippen LogP contribution in [-0.4, -0.2) is 35.6 Å². The van der Waals surface area contributed by atoms with Crippen molar-refractivity contribution < 1.29 is 0 Å². The highest BCUT2D eigenvalue weighted by molar-refractivity contribution is 5.80. The van der Waals surface area contributed by atoms with Gasteiger partial charge in [-0.3, -0.25) is 4.90 Å². The Hall–Kier alpha value is -2.39. The van der Waals surface area contributed by atoms with E-state index in [1.165, 1.54) is 36.8 Å². The number of hydrogen-bond acceptors (Lipinski definition) is 3. The van der Waals surface area contributed by atoms with Gasteiger partial charge in [0.05, 0.1) is 5.52 Å². The van der Waals surface area contributed by atoms with Crippen LogP contribution in [0.15, 0.2) is 60.7 Å². The van der Waals surface area contributed by atoms with Gasteiger partial charge in [-0.05, 0) is 48.6 Å². The van der Waals surface area contributed by atoms with Crippen LogP contribution in [0.2, 0.25) is 0 Å². The molecule has 3 heteroatoms. The zero-order valence-corrected chi connectivity index (χ0v) is 15.1. The van der Waals surface area contributed by atoms with Crippen molar-refractivity contribution in [3.8, 4) is 0 Å². The zero-order chi connectivity index (χ0) is 17.3. The van der Waals surface area contributed by atoms with E-state index in [1.807, 2.05) is 0 Å². The van der Waals surface area contributed by atoms with Crippen molar-refractivity contribution in [3.05, 3.63) is 71.8 Å². The van der Waals surface area contributed by atoms with Gasteiger partial charge in [0.15, 0.2) is 0 Å². The van der Waals surface area contributed by atoms with E-state index >= 15 is 0 Å². The Labute approximate surface area is 155 Å². The summed E-state index contributed by atoms with van der Waals surface area (Å²) < 4.78 is 0. The molecule has 132 valence electrons. The molecule has 2 aliphatic rings. The molecule has 1 saturated heterocycles.